The largest absolute Gasteiger partial charge is 0.497 e. The molecule has 0 N–H and O–H groups in total. The minimum Gasteiger partial charge on any atom is -0.497 e. The molecule has 1 saturated heterocycles. The van der Waals surface area contributed by atoms with E-state index in [1.807, 2.05) is 54.3 Å². The van der Waals surface area contributed by atoms with Crippen LogP contribution in [-0.4, -0.2) is 47.5 Å². The second-order valence-corrected chi connectivity index (χ2v) is 9.55. The maximum atomic E-state index is 13.3. The number of hydrogen-bond acceptors (Lipinski definition) is 6. The molecule has 0 spiro atoms. The topological polar surface area (TPSA) is 67.8 Å². The SMILES string of the molecule is COc1cccc(C(=O)N2CCc3nc(N4CCC(C)CC4)nc(Oc4ccc(C)cc4)c3C2)c1. The van der Waals surface area contributed by atoms with Gasteiger partial charge in [0.1, 0.15) is 11.5 Å². The lowest BCUT2D eigenvalue weighted by molar-refractivity contribution is 0.0731. The first-order valence-corrected chi connectivity index (χ1v) is 12.3. The smallest absolute Gasteiger partial charge is 0.254 e. The van der Waals surface area contributed by atoms with Gasteiger partial charge in [0.25, 0.3) is 5.91 Å². The molecule has 0 atom stereocenters. The molecule has 0 radical (unpaired) electrons. The number of carbonyl (C=O) groups is 1. The van der Waals surface area contributed by atoms with Crippen molar-refractivity contribution in [2.45, 2.75) is 39.7 Å². The summed E-state index contributed by atoms with van der Waals surface area (Å²) in [5.41, 5.74) is 3.61. The van der Waals surface area contributed by atoms with E-state index in [9.17, 15) is 4.79 Å². The van der Waals surface area contributed by atoms with Crippen LogP contribution in [0.3, 0.4) is 0 Å². The van der Waals surface area contributed by atoms with Gasteiger partial charge in [0, 0.05) is 31.6 Å². The lowest BCUT2D eigenvalue weighted by Crippen LogP contribution is -2.38. The Kier molecular flexibility index (Phi) is 6.57. The summed E-state index contributed by atoms with van der Waals surface area (Å²) in [6.07, 6.45) is 2.93. The molecule has 5 rings (SSSR count). The Hall–Kier alpha value is -3.61. The monoisotopic (exact) mass is 472 g/mol. The third-order valence-electron chi connectivity index (χ3n) is 6.92. The molecular formula is C28H32N4O3. The molecule has 3 aromatic rings. The maximum absolute atomic E-state index is 13.3. The molecule has 2 aliphatic rings. The first-order chi connectivity index (χ1) is 17.0. The number of hydrogen-bond donors (Lipinski definition) is 0. The predicted molar refractivity (Wildman–Crippen MR) is 135 cm³/mol. The molecule has 182 valence electrons. The molecule has 1 fully saturated rings. The second-order valence-electron chi connectivity index (χ2n) is 9.55. The fourth-order valence-corrected chi connectivity index (χ4v) is 4.64. The summed E-state index contributed by atoms with van der Waals surface area (Å²) in [6.45, 7) is 7.25. The lowest BCUT2D eigenvalue weighted by Gasteiger charge is -2.33. The first-order valence-electron chi connectivity index (χ1n) is 12.3. The highest BCUT2D eigenvalue weighted by Gasteiger charge is 2.29. The van der Waals surface area contributed by atoms with E-state index in [1.54, 1.807) is 13.2 Å². The van der Waals surface area contributed by atoms with Gasteiger partial charge in [-0.15, -0.1) is 0 Å². The predicted octanol–water partition coefficient (Wildman–Crippen LogP) is 5.02. The van der Waals surface area contributed by atoms with E-state index in [0.29, 0.717) is 36.7 Å². The molecule has 0 bridgehead atoms. The number of benzene rings is 2. The molecule has 2 aliphatic heterocycles. The quantitative estimate of drug-likeness (QED) is 0.519. The Morgan fingerprint density at radius 2 is 1.77 bits per heavy atom. The van der Waals surface area contributed by atoms with E-state index < -0.39 is 0 Å². The van der Waals surface area contributed by atoms with Crippen LogP contribution in [0.1, 0.15) is 46.9 Å². The minimum absolute atomic E-state index is 0.0371. The molecular weight excluding hydrogens is 440 g/mol. The van der Waals surface area contributed by atoms with Crippen molar-refractivity contribution in [3.05, 3.63) is 70.9 Å². The zero-order valence-corrected chi connectivity index (χ0v) is 20.7. The Morgan fingerprint density at radius 1 is 1.00 bits per heavy atom. The van der Waals surface area contributed by atoms with Gasteiger partial charge in [-0.1, -0.05) is 30.7 Å². The van der Waals surface area contributed by atoms with Gasteiger partial charge in [-0.25, -0.2) is 4.98 Å². The van der Waals surface area contributed by atoms with Crippen molar-refractivity contribution in [3.8, 4) is 17.4 Å². The molecule has 7 heteroatoms. The van der Waals surface area contributed by atoms with Gasteiger partial charge in [-0.2, -0.15) is 4.98 Å². The molecule has 7 nitrogen and oxygen atoms in total. The minimum atomic E-state index is -0.0371. The highest BCUT2D eigenvalue weighted by atomic mass is 16.5. The molecule has 2 aromatic carbocycles. The summed E-state index contributed by atoms with van der Waals surface area (Å²) in [5.74, 6) is 3.35. The first kappa shape index (κ1) is 23.1. The van der Waals surface area contributed by atoms with Gasteiger partial charge >= 0.3 is 0 Å². The number of carbonyl (C=O) groups excluding carboxylic acids is 1. The Balaban J connectivity index is 1.46. The maximum Gasteiger partial charge on any atom is 0.254 e. The molecule has 1 aromatic heterocycles. The molecule has 0 aliphatic carbocycles. The van der Waals surface area contributed by atoms with Crippen LogP contribution < -0.4 is 14.4 Å². The summed E-state index contributed by atoms with van der Waals surface area (Å²) in [4.78, 5) is 27.2. The highest BCUT2D eigenvalue weighted by Crippen LogP contribution is 2.33. The van der Waals surface area contributed by atoms with Crippen molar-refractivity contribution in [3.63, 3.8) is 0 Å². The summed E-state index contributed by atoms with van der Waals surface area (Å²) in [5, 5.41) is 0. The van der Waals surface area contributed by atoms with Gasteiger partial charge in [0.05, 0.1) is 24.9 Å². The van der Waals surface area contributed by atoms with Crippen molar-refractivity contribution in [1.29, 1.82) is 0 Å². The van der Waals surface area contributed by atoms with Crippen LogP contribution in [-0.2, 0) is 13.0 Å². The fourth-order valence-electron chi connectivity index (χ4n) is 4.64. The van der Waals surface area contributed by atoms with Gasteiger partial charge in [0.2, 0.25) is 11.8 Å². The number of aryl methyl sites for hydroxylation is 1. The fraction of sp³-hybridized carbons (Fsp3) is 0.393. The standard InChI is InChI=1S/C28H32N4O3/c1-19-7-9-22(10-8-19)35-26-24-18-32(27(33)21-5-4-6-23(17-21)34-3)16-13-25(24)29-28(30-26)31-14-11-20(2)12-15-31/h4-10,17,20H,11-16,18H2,1-3H3. The van der Waals surface area contributed by atoms with Crippen LogP contribution in [0.2, 0.25) is 0 Å². The number of rotatable bonds is 5. The van der Waals surface area contributed by atoms with Gasteiger partial charge < -0.3 is 19.3 Å². The number of anilines is 1. The van der Waals surface area contributed by atoms with E-state index in [4.69, 9.17) is 19.4 Å². The van der Waals surface area contributed by atoms with Crippen LogP contribution in [0.5, 0.6) is 17.4 Å². The number of piperidine rings is 1. The highest BCUT2D eigenvalue weighted by molar-refractivity contribution is 5.94. The van der Waals surface area contributed by atoms with Crippen molar-refractivity contribution < 1.29 is 14.3 Å². The number of amides is 1. The number of ether oxygens (including phenoxy) is 2. The summed E-state index contributed by atoms with van der Waals surface area (Å²) in [7, 11) is 1.60. The lowest BCUT2D eigenvalue weighted by atomic mass is 9.99. The Morgan fingerprint density at radius 3 is 2.51 bits per heavy atom. The van der Waals surface area contributed by atoms with Crippen LogP contribution >= 0.6 is 0 Å². The Bertz CT molecular complexity index is 1200. The van der Waals surface area contributed by atoms with E-state index in [-0.39, 0.29) is 5.91 Å². The second kappa shape index (κ2) is 9.94. The number of methoxy groups -OCH3 is 1. The Labute approximate surface area is 206 Å². The van der Waals surface area contributed by atoms with Gasteiger partial charge in [0.15, 0.2) is 0 Å². The molecule has 0 unspecified atom stereocenters. The van der Waals surface area contributed by atoms with E-state index >= 15 is 0 Å². The average molecular weight is 473 g/mol. The summed E-state index contributed by atoms with van der Waals surface area (Å²) in [6, 6.07) is 15.2. The molecule has 35 heavy (non-hydrogen) atoms. The third kappa shape index (κ3) is 5.09. The summed E-state index contributed by atoms with van der Waals surface area (Å²) < 4.78 is 11.6. The van der Waals surface area contributed by atoms with Gasteiger partial charge in [-0.3, -0.25) is 4.79 Å². The van der Waals surface area contributed by atoms with Crippen molar-refractivity contribution in [1.82, 2.24) is 14.9 Å². The van der Waals surface area contributed by atoms with Crippen molar-refractivity contribution in [2.24, 2.45) is 5.92 Å². The van der Waals surface area contributed by atoms with Gasteiger partial charge in [-0.05, 0) is 56.0 Å². The van der Waals surface area contributed by atoms with Crippen molar-refractivity contribution >= 4 is 11.9 Å². The van der Waals surface area contributed by atoms with Crippen LogP contribution in [0.4, 0.5) is 5.95 Å². The molecule has 3 heterocycles. The van der Waals surface area contributed by atoms with Crippen LogP contribution in [0, 0.1) is 12.8 Å². The van der Waals surface area contributed by atoms with E-state index in [2.05, 4.69) is 11.8 Å². The van der Waals surface area contributed by atoms with E-state index in [1.165, 1.54) is 5.56 Å². The summed E-state index contributed by atoms with van der Waals surface area (Å²) >= 11 is 0. The number of aromatic nitrogens is 2. The normalized spacial score (nSPS) is 16.1. The molecule has 1 amide bonds. The average Bonchev–Trinajstić information content (AvgIpc) is 2.89. The zero-order chi connectivity index (χ0) is 24.4. The third-order valence-corrected chi connectivity index (χ3v) is 6.92. The number of fused-ring (bicyclic) bond motifs is 1. The zero-order valence-electron chi connectivity index (χ0n) is 20.7. The molecule has 0 saturated carbocycles. The van der Waals surface area contributed by atoms with Crippen LogP contribution in [0.25, 0.3) is 0 Å². The van der Waals surface area contributed by atoms with Crippen LogP contribution in [0.15, 0.2) is 48.5 Å². The van der Waals surface area contributed by atoms with Crippen molar-refractivity contribution in [2.75, 3.05) is 31.6 Å². The van der Waals surface area contributed by atoms with E-state index in [0.717, 1.165) is 54.8 Å². The number of nitrogens with zero attached hydrogens (tertiary/aromatic N) is 4.